The molecule has 112 valence electrons. The fourth-order valence-corrected chi connectivity index (χ4v) is 1.63. The van der Waals surface area contributed by atoms with Crippen LogP contribution in [0, 0.1) is 0 Å². The number of benzene rings is 1. The molecule has 22 heavy (non-hydrogen) atoms. The van der Waals surface area contributed by atoms with Gasteiger partial charge in [-0.05, 0) is 24.3 Å². The number of carboxylic acids is 1. The molecule has 1 aromatic carbocycles. The van der Waals surface area contributed by atoms with Gasteiger partial charge in [0.25, 0.3) is 11.7 Å². The van der Waals surface area contributed by atoms with Crippen molar-refractivity contribution in [3.05, 3.63) is 60.1 Å². The Hall–Kier alpha value is -3.35. The molecule has 0 spiro atoms. The Morgan fingerprint density at radius 3 is 2.50 bits per heavy atom. The first-order valence-corrected chi connectivity index (χ1v) is 6.10. The molecule has 7 nitrogen and oxygen atoms in total. The molecule has 0 radical (unpaired) electrons. The van der Waals surface area contributed by atoms with Crippen LogP contribution in [-0.2, 0) is 9.59 Å². The number of furan rings is 1. The minimum atomic E-state index is -1.67. The average Bonchev–Trinajstić information content (AvgIpc) is 3.01. The molecule has 0 atom stereocenters. The lowest BCUT2D eigenvalue weighted by Crippen LogP contribution is -2.11. The summed E-state index contributed by atoms with van der Waals surface area (Å²) in [5.74, 6) is -3.80. The van der Waals surface area contributed by atoms with Gasteiger partial charge in [-0.3, -0.25) is 9.59 Å². The van der Waals surface area contributed by atoms with Crippen molar-refractivity contribution in [2.75, 3.05) is 5.32 Å². The average molecular weight is 301 g/mol. The molecular weight excluding hydrogens is 290 g/mol. The van der Waals surface area contributed by atoms with E-state index in [1.54, 1.807) is 12.1 Å². The summed E-state index contributed by atoms with van der Waals surface area (Å²) in [6.07, 6.45) is 1.95. The Balaban J connectivity index is 2.18. The maximum atomic E-state index is 11.8. The Labute approximate surface area is 124 Å². The number of ketones is 1. The summed E-state index contributed by atoms with van der Waals surface area (Å²) < 4.78 is 4.94. The third-order valence-corrected chi connectivity index (χ3v) is 2.64. The molecule has 1 heterocycles. The van der Waals surface area contributed by atoms with Gasteiger partial charge in [0.05, 0.1) is 6.26 Å². The maximum absolute atomic E-state index is 11.8. The van der Waals surface area contributed by atoms with Gasteiger partial charge >= 0.3 is 5.97 Å². The Bertz CT molecular complexity index is 745. The van der Waals surface area contributed by atoms with Crippen LogP contribution in [0.25, 0.3) is 5.76 Å². The zero-order valence-electron chi connectivity index (χ0n) is 11.1. The fourth-order valence-electron chi connectivity index (χ4n) is 1.63. The number of carboxylic acid groups (broad SMARTS) is 1. The summed E-state index contributed by atoms with van der Waals surface area (Å²) in [4.78, 5) is 33.3. The van der Waals surface area contributed by atoms with Crippen molar-refractivity contribution < 1.29 is 29.0 Å². The summed E-state index contributed by atoms with van der Waals surface area (Å²) in [6, 6.07) is 9.00. The second kappa shape index (κ2) is 6.40. The van der Waals surface area contributed by atoms with Gasteiger partial charge in [0.1, 0.15) is 5.76 Å². The van der Waals surface area contributed by atoms with Gasteiger partial charge in [-0.1, -0.05) is 12.1 Å². The van der Waals surface area contributed by atoms with E-state index < -0.39 is 23.4 Å². The van der Waals surface area contributed by atoms with E-state index in [9.17, 15) is 19.5 Å². The van der Waals surface area contributed by atoms with E-state index in [0.29, 0.717) is 11.8 Å². The van der Waals surface area contributed by atoms with Crippen LogP contribution in [0.5, 0.6) is 0 Å². The van der Waals surface area contributed by atoms with E-state index >= 15 is 0 Å². The van der Waals surface area contributed by atoms with Crippen molar-refractivity contribution >= 4 is 29.1 Å². The Morgan fingerprint density at radius 1 is 1.09 bits per heavy atom. The summed E-state index contributed by atoms with van der Waals surface area (Å²) in [5, 5.41) is 20.8. The van der Waals surface area contributed by atoms with Gasteiger partial charge in [-0.25, -0.2) is 4.79 Å². The highest BCUT2D eigenvalue weighted by Gasteiger charge is 2.12. The molecule has 1 amide bonds. The van der Waals surface area contributed by atoms with Crippen LogP contribution in [0.4, 0.5) is 5.69 Å². The molecular formula is C15H11NO6. The smallest absolute Gasteiger partial charge is 0.376 e. The molecule has 0 aliphatic rings. The van der Waals surface area contributed by atoms with Crippen LogP contribution in [0.15, 0.2) is 53.2 Å². The van der Waals surface area contributed by atoms with Crippen LogP contribution in [0.2, 0.25) is 0 Å². The summed E-state index contributed by atoms with van der Waals surface area (Å²) >= 11 is 0. The summed E-state index contributed by atoms with van der Waals surface area (Å²) in [6.45, 7) is 0. The normalized spacial score (nSPS) is 11.0. The number of hydrogen-bond acceptors (Lipinski definition) is 5. The number of aliphatic hydroxyl groups excluding tert-OH is 1. The Kier molecular flexibility index (Phi) is 4.38. The largest absolute Gasteiger partial charge is 0.507 e. The molecule has 1 aromatic heterocycles. The number of hydrogen-bond donors (Lipinski definition) is 3. The number of carbonyl (C=O) groups excluding carboxylic acids is 2. The number of aliphatic carboxylic acids is 1. The zero-order chi connectivity index (χ0) is 16.1. The summed E-state index contributed by atoms with van der Waals surface area (Å²) in [5.41, 5.74) is 0.536. The lowest BCUT2D eigenvalue weighted by molar-refractivity contribution is -0.146. The number of anilines is 1. The van der Waals surface area contributed by atoms with Crippen LogP contribution >= 0.6 is 0 Å². The highest BCUT2D eigenvalue weighted by molar-refractivity contribution is 6.38. The van der Waals surface area contributed by atoms with E-state index in [2.05, 4.69) is 5.32 Å². The van der Waals surface area contributed by atoms with Gasteiger partial charge in [0, 0.05) is 17.3 Å². The third kappa shape index (κ3) is 3.60. The predicted octanol–water partition coefficient (Wildman–Crippen LogP) is 2.08. The number of rotatable bonds is 5. The first-order chi connectivity index (χ1) is 10.5. The van der Waals surface area contributed by atoms with E-state index in [0.717, 1.165) is 0 Å². The second-order valence-electron chi connectivity index (χ2n) is 4.21. The van der Waals surface area contributed by atoms with E-state index in [1.165, 1.54) is 30.5 Å². The van der Waals surface area contributed by atoms with Crippen molar-refractivity contribution in [2.24, 2.45) is 0 Å². The molecule has 2 rings (SSSR count). The van der Waals surface area contributed by atoms with Gasteiger partial charge in [-0.2, -0.15) is 0 Å². The van der Waals surface area contributed by atoms with Gasteiger partial charge in [-0.15, -0.1) is 0 Å². The SMILES string of the molecule is O=C(O)C(=O)/C=C(\O)c1cccc(NC(=O)c2ccco2)c1. The second-order valence-corrected chi connectivity index (χ2v) is 4.21. The highest BCUT2D eigenvalue weighted by Crippen LogP contribution is 2.17. The van der Waals surface area contributed by atoms with Crippen molar-refractivity contribution in [3.63, 3.8) is 0 Å². The van der Waals surface area contributed by atoms with Crippen LogP contribution in [0.1, 0.15) is 16.1 Å². The third-order valence-electron chi connectivity index (χ3n) is 2.64. The van der Waals surface area contributed by atoms with Crippen LogP contribution < -0.4 is 5.32 Å². The quantitative estimate of drug-likeness (QED) is 0.442. The molecule has 2 aromatic rings. The van der Waals surface area contributed by atoms with Crippen molar-refractivity contribution in [2.45, 2.75) is 0 Å². The Morgan fingerprint density at radius 2 is 1.86 bits per heavy atom. The lowest BCUT2D eigenvalue weighted by atomic mass is 10.1. The highest BCUT2D eigenvalue weighted by atomic mass is 16.4. The van der Waals surface area contributed by atoms with Gasteiger partial charge in [0.2, 0.25) is 0 Å². The predicted molar refractivity (Wildman–Crippen MR) is 76.4 cm³/mol. The monoisotopic (exact) mass is 301 g/mol. The van der Waals surface area contributed by atoms with Crippen molar-refractivity contribution in [1.82, 2.24) is 0 Å². The number of nitrogens with one attached hydrogen (secondary N) is 1. The molecule has 0 fully saturated rings. The molecule has 0 aliphatic carbocycles. The molecule has 0 bridgehead atoms. The molecule has 3 N–H and O–H groups in total. The fraction of sp³-hybridized carbons (Fsp3) is 0. The van der Waals surface area contributed by atoms with Crippen molar-refractivity contribution in [1.29, 1.82) is 0 Å². The number of amides is 1. The topological polar surface area (TPSA) is 117 Å². The molecule has 7 heteroatoms. The minimum Gasteiger partial charge on any atom is -0.507 e. The minimum absolute atomic E-state index is 0.117. The van der Waals surface area contributed by atoms with Gasteiger partial charge < -0.3 is 19.9 Å². The molecule has 0 unspecified atom stereocenters. The zero-order valence-corrected chi connectivity index (χ0v) is 11.1. The molecule has 0 saturated carbocycles. The molecule has 0 saturated heterocycles. The first-order valence-electron chi connectivity index (χ1n) is 6.10. The van der Waals surface area contributed by atoms with Crippen LogP contribution in [-0.4, -0.2) is 27.9 Å². The maximum Gasteiger partial charge on any atom is 0.376 e. The molecule has 0 aliphatic heterocycles. The van der Waals surface area contributed by atoms with Crippen molar-refractivity contribution in [3.8, 4) is 0 Å². The summed E-state index contributed by atoms with van der Waals surface area (Å²) in [7, 11) is 0. The van der Waals surface area contributed by atoms with Gasteiger partial charge in [0.15, 0.2) is 5.76 Å². The first kappa shape index (κ1) is 15.0. The van der Waals surface area contributed by atoms with E-state index in [1.807, 2.05) is 0 Å². The van der Waals surface area contributed by atoms with Crippen LogP contribution in [0.3, 0.4) is 0 Å². The standard InChI is InChI=1S/C15H11NO6/c17-11(8-12(18)15(20)21)9-3-1-4-10(7-9)16-14(19)13-5-2-6-22-13/h1-8,17H,(H,16,19)(H,20,21)/b11-8-. The number of carbonyl (C=O) groups is 3. The van der Waals surface area contributed by atoms with E-state index in [-0.39, 0.29) is 11.3 Å². The lowest BCUT2D eigenvalue weighted by Gasteiger charge is -2.06. The van der Waals surface area contributed by atoms with E-state index in [4.69, 9.17) is 9.52 Å². The number of aliphatic hydroxyl groups is 1.